The van der Waals surface area contributed by atoms with Gasteiger partial charge in [0.2, 0.25) is 5.91 Å². The van der Waals surface area contributed by atoms with E-state index in [0.29, 0.717) is 32.0 Å². The van der Waals surface area contributed by atoms with Crippen molar-refractivity contribution < 1.29 is 14.6 Å². The van der Waals surface area contributed by atoms with E-state index in [-0.39, 0.29) is 12.5 Å². The maximum Gasteiger partial charge on any atom is 0.219 e. The van der Waals surface area contributed by atoms with E-state index in [0.717, 1.165) is 79.4 Å². The van der Waals surface area contributed by atoms with Gasteiger partial charge in [-0.1, -0.05) is 24.6 Å². The molecule has 1 saturated heterocycles. The Kier molecular flexibility index (Phi) is 9.43. The Morgan fingerprint density at radius 1 is 1.16 bits per heavy atom. The molecule has 0 spiro atoms. The Labute approximate surface area is 218 Å². The number of carbonyl (C=O) groups excluding carboxylic acids is 1. The summed E-state index contributed by atoms with van der Waals surface area (Å²) in [7, 11) is 3.79. The van der Waals surface area contributed by atoms with Crippen LogP contribution in [0.4, 0.5) is 5.82 Å². The molecule has 0 atom stereocenters. The number of nitrogens with one attached hydrogen (secondary N) is 1. The molecule has 1 fully saturated rings. The van der Waals surface area contributed by atoms with E-state index < -0.39 is 0 Å². The van der Waals surface area contributed by atoms with Crippen LogP contribution in [-0.2, 0) is 29.2 Å². The maximum atomic E-state index is 11.4. The average Bonchev–Trinajstić information content (AvgIpc) is 3.29. The lowest BCUT2D eigenvalue weighted by Crippen LogP contribution is -2.37. The Hall–Kier alpha value is -3.08. The van der Waals surface area contributed by atoms with Crippen LogP contribution < -0.4 is 10.2 Å². The van der Waals surface area contributed by atoms with Crippen LogP contribution in [0.3, 0.4) is 0 Å². The summed E-state index contributed by atoms with van der Waals surface area (Å²) in [6.45, 7) is 7.31. The zero-order chi connectivity index (χ0) is 26.2. The van der Waals surface area contributed by atoms with Gasteiger partial charge in [-0.05, 0) is 45.0 Å². The van der Waals surface area contributed by atoms with Gasteiger partial charge >= 0.3 is 0 Å². The van der Waals surface area contributed by atoms with Gasteiger partial charge in [-0.15, -0.1) is 0 Å². The van der Waals surface area contributed by atoms with Gasteiger partial charge in [-0.3, -0.25) is 9.69 Å². The van der Waals surface area contributed by atoms with Gasteiger partial charge in [0.1, 0.15) is 5.82 Å². The lowest BCUT2D eigenvalue weighted by atomic mass is 10.1. The van der Waals surface area contributed by atoms with Crippen molar-refractivity contribution in [3.05, 3.63) is 35.7 Å². The summed E-state index contributed by atoms with van der Waals surface area (Å²) in [5, 5.41) is 12.3. The van der Waals surface area contributed by atoms with Crippen LogP contribution in [0.15, 0.2) is 24.3 Å². The molecule has 3 aromatic rings. The largest absolute Gasteiger partial charge is 0.392 e. The van der Waals surface area contributed by atoms with Gasteiger partial charge in [-0.2, -0.15) is 0 Å². The quantitative estimate of drug-likeness (QED) is 0.359. The summed E-state index contributed by atoms with van der Waals surface area (Å²) in [4.78, 5) is 31.0. The number of hydrogen-bond acceptors (Lipinski definition) is 8. The van der Waals surface area contributed by atoms with Crippen molar-refractivity contribution in [2.24, 2.45) is 0 Å². The molecule has 10 nitrogen and oxygen atoms in total. The number of morpholine rings is 1. The fraction of sp³-hybridized carbons (Fsp3) is 0.556. The van der Waals surface area contributed by atoms with Crippen molar-refractivity contribution in [1.29, 1.82) is 0 Å². The summed E-state index contributed by atoms with van der Waals surface area (Å²) in [5.74, 6) is 2.54. The minimum atomic E-state index is -0.0262. The van der Waals surface area contributed by atoms with Crippen LogP contribution in [-0.4, -0.2) is 82.4 Å². The Morgan fingerprint density at radius 3 is 2.70 bits per heavy atom. The van der Waals surface area contributed by atoms with E-state index in [1.165, 1.54) is 0 Å². The molecule has 1 aromatic carbocycles. The Balaban J connectivity index is 1.61. The van der Waals surface area contributed by atoms with Crippen LogP contribution in [0.25, 0.3) is 22.6 Å². The van der Waals surface area contributed by atoms with E-state index in [1.807, 2.05) is 24.3 Å². The molecule has 10 heteroatoms. The molecule has 0 aliphatic carbocycles. The molecule has 1 aliphatic rings. The van der Waals surface area contributed by atoms with Crippen LogP contribution in [0.1, 0.15) is 44.0 Å². The van der Waals surface area contributed by atoms with Crippen LogP contribution >= 0.6 is 0 Å². The highest BCUT2D eigenvalue weighted by Crippen LogP contribution is 2.29. The third-order valence-corrected chi connectivity index (χ3v) is 6.78. The smallest absolute Gasteiger partial charge is 0.219 e. The van der Waals surface area contributed by atoms with Gasteiger partial charge in [0.05, 0.1) is 26.4 Å². The molecule has 3 heterocycles. The summed E-state index contributed by atoms with van der Waals surface area (Å²) in [5.41, 5.74) is 3.36. The van der Waals surface area contributed by atoms with Gasteiger partial charge in [-0.25, -0.2) is 15.0 Å². The highest BCUT2D eigenvalue weighted by atomic mass is 16.5. The molecule has 1 amide bonds. The highest BCUT2D eigenvalue weighted by Gasteiger charge is 2.23. The van der Waals surface area contributed by atoms with Crippen LogP contribution in [0.5, 0.6) is 0 Å². The molecule has 0 saturated carbocycles. The molecule has 2 N–H and O–H groups in total. The molecule has 0 bridgehead atoms. The van der Waals surface area contributed by atoms with E-state index in [2.05, 4.69) is 33.7 Å². The van der Waals surface area contributed by atoms with E-state index in [4.69, 9.17) is 19.7 Å². The van der Waals surface area contributed by atoms with Crippen molar-refractivity contribution in [2.45, 2.75) is 52.3 Å². The number of aliphatic hydroxyl groups excluding tert-OH is 1. The van der Waals surface area contributed by atoms with E-state index in [9.17, 15) is 9.90 Å². The van der Waals surface area contributed by atoms with E-state index >= 15 is 0 Å². The number of anilines is 1. The normalized spacial score (nSPS) is 14.0. The predicted octanol–water partition coefficient (Wildman–Crippen LogP) is 2.58. The number of ether oxygens (including phenoxy) is 1. The first-order chi connectivity index (χ1) is 18.0. The number of aliphatic hydroxyl groups is 1. The van der Waals surface area contributed by atoms with Gasteiger partial charge in [0.15, 0.2) is 22.8 Å². The number of aromatic nitrogens is 4. The lowest BCUT2D eigenvalue weighted by molar-refractivity contribution is -0.120. The number of unbranched alkanes of at least 4 members (excludes halogenated alkanes) is 2. The van der Waals surface area contributed by atoms with Crippen molar-refractivity contribution in [3.8, 4) is 11.4 Å². The maximum absolute atomic E-state index is 11.4. The second-order valence-corrected chi connectivity index (χ2v) is 9.49. The molecule has 0 unspecified atom stereocenters. The SMILES string of the molecule is CCn1c(CN(C)CCCCCC(=O)NC)nc2c(N3CCOCC3)nc(-c3cccc(CO)c3)nc21. The monoisotopic (exact) mass is 509 g/mol. The van der Waals surface area contributed by atoms with Gasteiger partial charge < -0.3 is 24.6 Å². The molecule has 37 heavy (non-hydrogen) atoms. The number of fused-ring (bicyclic) bond motifs is 1. The summed E-state index contributed by atoms with van der Waals surface area (Å²) in [6, 6.07) is 7.74. The average molecular weight is 510 g/mol. The summed E-state index contributed by atoms with van der Waals surface area (Å²) in [6.07, 6.45) is 3.53. The number of carbonyl (C=O) groups is 1. The molecular weight excluding hydrogens is 470 g/mol. The molecule has 1 aliphatic heterocycles. The number of nitrogens with zero attached hydrogens (tertiary/aromatic N) is 6. The molecule has 2 aromatic heterocycles. The third kappa shape index (κ3) is 6.63. The number of imidazole rings is 1. The molecule has 4 rings (SSSR count). The fourth-order valence-electron chi connectivity index (χ4n) is 4.71. The number of rotatable bonds is 12. The summed E-state index contributed by atoms with van der Waals surface area (Å²) >= 11 is 0. The van der Waals surface area contributed by atoms with Crippen molar-refractivity contribution in [1.82, 2.24) is 29.7 Å². The first kappa shape index (κ1) is 27.0. The van der Waals surface area contributed by atoms with Crippen LogP contribution in [0, 0.1) is 0 Å². The number of amides is 1. The molecule has 200 valence electrons. The highest BCUT2D eigenvalue weighted by molar-refractivity contribution is 5.86. The van der Waals surface area contributed by atoms with Gasteiger partial charge in [0.25, 0.3) is 0 Å². The zero-order valence-electron chi connectivity index (χ0n) is 22.2. The Morgan fingerprint density at radius 2 is 1.97 bits per heavy atom. The Bertz CT molecular complexity index is 1190. The van der Waals surface area contributed by atoms with Crippen LogP contribution in [0.2, 0.25) is 0 Å². The summed E-state index contributed by atoms with van der Waals surface area (Å²) < 4.78 is 7.77. The lowest BCUT2D eigenvalue weighted by Gasteiger charge is -2.28. The van der Waals surface area contributed by atoms with Gasteiger partial charge in [0, 0.05) is 38.7 Å². The number of hydrogen-bond donors (Lipinski definition) is 2. The third-order valence-electron chi connectivity index (χ3n) is 6.78. The minimum absolute atomic E-state index is 0.0262. The molecule has 0 radical (unpaired) electrons. The first-order valence-corrected chi connectivity index (χ1v) is 13.2. The number of aryl methyl sites for hydroxylation is 1. The van der Waals surface area contributed by atoms with Crippen molar-refractivity contribution >= 4 is 22.9 Å². The predicted molar refractivity (Wildman–Crippen MR) is 144 cm³/mol. The topological polar surface area (TPSA) is 109 Å². The van der Waals surface area contributed by atoms with Crippen molar-refractivity contribution in [3.63, 3.8) is 0 Å². The number of benzene rings is 1. The fourth-order valence-corrected chi connectivity index (χ4v) is 4.71. The minimum Gasteiger partial charge on any atom is -0.392 e. The first-order valence-electron chi connectivity index (χ1n) is 13.2. The standard InChI is InChI=1S/C27H39N7O3/c1-4-34-22(18-32(3)12-7-5-6-11-23(36)28-2)29-24-26(33-13-15-37-16-14-33)30-25(31-27(24)34)21-10-8-9-20(17-21)19-35/h8-10,17,35H,4-7,11-16,18-19H2,1-3H3,(H,28,36). The second kappa shape index (κ2) is 12.9. The van der Waals surface area contributed by atoms with E-state index in [1.54, 1.807) is 7.05 Å². The van der Waals surface area contributed by atoms with Crippen molar-refractivity contribution in [2.75, 3.05) is 51.8 Å². The molecular formula is C27H39N7O3. The second-order valence-electron chi connectivity index (χ2n) is 9.49. The zero-order valence-corrected chi connectivity index (χ0v) is 22.2.